The van der Waals surface area contributed by atoms with Gasteiger partial charge in [0.15, 0.2) is 0 Å². The molecule has 2 fully saturated rings. The van der Waals surface area contributed by atoms with Crippen LogP contribution in [0.5, 0.6) is 0 Å². The van der Waals surface area contributed by atoms with Crippen LogP contribution in [-0.2, 0) is 9.59 Å². The van der Waals surface area contributed by atoms with E-state index < -0.39 is 6.10 Å². The molecule has 4 heteroatoms. The molecule has 4 unspecified atom stereocenters. The van der Waals surface area contributed by atoms with Crippen molar-refractivity contribution < 1.29 is 14.7 Å². The van der Waals surface area contributed by atoms with Gasteiger partial charge in [0.25, 0.3) is 0 Å². The Labute approximate surface area is 95.6 Å². The van der Waals surface area contributed by atoms with E-state index in [0.29, 0.717) is 5.92 Å². The zero-order chi connectivity index (χ0) is 11.9. The summed E-state index contributed by atoms with van der Waals surface area (Å²) in [4.78, 5) is 25.4. The Balaban J connectivity index is 2.19. The van der Waals surface area contributed by atoms with Gasteiger partial charge in [-0.05, 0) is 25.7 Å². The molecule has 1 saturated carbocycles. The van der Waals surface area contributed by atoms with Gasteiger partial charge in [0.1, 0.15) is 0 Å². The second-order valence-corrected chi connectivity index (χ2v) is 5.18. The summed E-state index contributed by atoms with van der Waals surface area (Å²) in [6, 6.07) is 0. The summed E-state index contributed by atoms with van der Waals surface area (Å²) >= 11 is 0. The SMILES string of the molecule is CC(O)CN1C(=O)C2CCCC(C)C2C1=O. The van der Waals surface area contributed by atoms with Gasteiger partial charge in [-0.3, -0.25) is 14.5 Å². The van der Waals surface area contributed by atoms with E-state index in [9.17, 15) is 14.7 Å². The highest BCUT2D eigenvalue weighted by Crippen LogP contribution is 2.41. The van der Waals surface area contributed by atoms with E-state index in [0.717, 1.165) is 19.3 Å². The topological polar surface area (TPSA) is 57.6 Å². The Bertz CT molecular complexity index is 313. The third kappa shape index (κ3) is 1.75. The van der Waals surface area contributed by atoms with Crippen LogP contribution in [0.25, 0.3) is 0 Å². The number of nitrogens with zero attached hydrogens (tertiary/aromatic N) is 1. The summed E-state index contributed by atoms with van der Waals surface area (Å²) in [5.74, 6) is -0.0743. The van der Waals surface area contributed by atoms with Crippen LogP contribution in [0.1, 0.15) is 33.1 Å². The third-order valence-electron chi connectivity index (χ3n) is 3.80. The number of rotatable bonds is 2. The molecule has 0 aromatic heterocycles. The molecular weight excluding hydrogens is 206 g/mol. The lowest BCUT2D eigenvalue weighted by Gasteiger charge is -2.27. The Morgan fingerprint density at radius 2 is 2.06 bits per heavy atom. The molecule has 0 aromatic carbocycles. The number of aliphatic hydroxyl groups excluding tert-OH is 1. The maximum atomic E-state index is 12.1. The molecule has 1 saturated heterocycles. The summed E-state index contributed by atoms with van der Waals surface area (Å²) < 4.78 is 0. The predicted octanol–water partition coefficient (Wildman–Crippen LogP) is 0.788. The van der Waals surface area contributed by atoms with Crippen LogP contribution in [0.3, 0.4) is 0 Å². The number of β-amino-alcohol motifs (C(OH)–C–C–N with tert-alkyl or cyclic N) is 1. The van der Waals surface area contributed by atoms with Crippen molar-refractivity contribution in [1.82, 2.24) is 4.90 Å². The first-order chi connectivity index (χ1) is 7.52. The average molecular weight is 225 g/mol. The summed E-state index contributed by atoms with van der Waals surface area (Å²) in [5.41, 5.74) is 0. The van der Waals surface area contributed by atoms with Crippen LogP contribution in [0.15, 0.2) is 0 Å². The molecule has 0 radical (unpaired) electrons. The fourth-order valence-corrected chi connectivity index (χ4v) is 3.04. The number of fused-ring (bicyclic) bond motifs is 1. The highest BCUT2D eigenvalue weighted by molar-refractivity contribution is 6.05. The van der Waals surface area contributed by atoms with Crippen molar-refractivity contribution in [1.29, 1.82) is 0 Å². The molecule has 2 amide bonds. The van der Waals surface area contributed by atoms with Gasteiger partial charge >= 0.3 is 0 Å². The number of imide groups is 1. The Kier molecular flexibility index (Phi) is 3.02. The second kappa shape index (κ2) is 4.17. The molecular formula is C12H19NO3. The minimum absolute atomic E-state index is 0.0666. The number of hydrogen-bond donors (Lipinski definition) is 1. The summed E-state index contributed by atoms with van der Waals surface area (Å²) in [6.07, 6.45) is 2.26. The Hall–Kier alpha value is -0.900. The number of carbonyl (C=O) groups excluding carboxylic acids is 2. The lowest BCUT2D eigenvalue weighted by molar-refractivity contribution is -0.141. The minimum atomic E-state index is -0.636. The molecule has 0 aromatic rings. The third-order valence-corrected chi connectivity index (χ3v) is 3.80. The standard InChI is InChI=1S/C12H19NO3/c1-7-4-3-5-9-10(7)12(16)13(11(9)15)6-8(2)14/h7-10,14H,3-6H2,1-2H3. The van der Waals surface area contributed by atoms with Gasteiger partial charge in [-0.1, -0.05) is 13.3 Å². The number of hydrogen-bond acceptors (Lipinski definition) is 3. The van der Waals surface area contributed by atoms with Crippen molar-refractivity contribution in [2.45, 2.75) is 39.2 Å². The quantitative estimate of drug-likeness (QED) is 0.707. The van der Waals surface area contributed by atoms with Gasteiger partial charge in [-0.2, -0.15) is 0 Å². The number of carbonyl (C=O) groups is 2. The summed E-state index contributed by atoms with van der Waals surface area (Å²) in [6.45, 7) is 3.80. The lowest BCUT2D eigenvalue weighted by Crippen LogP contribution is -2.37. The monoisotopic (exact) mass is 225 g/mol. The Morgan fingerprint density at radius 1 is 1.38 bits per heavy atom. The molecule has 2 rings (SSSR count). The van der Waals surface area contributed by atoms with Crippen molar-refractivity contribution in [3.05, 3.63) is 0 Å². The van der Waals surface area contributed by atoms with Crippen LogP contribution in [0.2, 0.25) is 0 Å². The average Bonchev–Trinajstić information content (AvgIpc) is 2.44. The molecule has 0 bridgehead atoms. The van der Waals surface area contributed by atoms with Crippen LogP contribution in [0.4, 0.5) is 0 Å². The molecule has 1 aliphatic heterocycles. The summed E-state index contributed by atoms with van der Waals surface area (Å²) in [7, 11) is 0. The molecule has 4 nitrogen and oxygen atoms in total. The maximum Gasteiger partial charge on any atom is 0.233 e. The van der Waals surface area contributed by atoms with Crippen LogP contribution in [-0.4, -0.2) is 34.5 Å². The maximum absolute atomic E-state index is 12.1. The van der Waals surface area contributed by atoms with Crippen molar-refractivity contribution in [3.8, 4) is 0 Å². The van der Waals surface area contributed by atoms with Crippen molar-refractivity contribution >= 4 is 11.8 Å². The highest BCUT2D eigenvalue weighted by Gasteiger charge is 2.50. The number of likely N-dealkylation sites (tertiary alicyclic amines) is 1. The van der Waals surface area contributed by atoms with Gasteiger partial charge in [0.2, 0.25) is 11.8 Å². The van der Waals surface area contributed by atoms with E-state index in [2.05, 4.69) is 0 Å². The molecule has 2 aliphatic rings. The zero-order valence-corrected chi connectivity index (χ0v) is 9.85. The Morgan fingerprint density at radius 3 is 2.62 bits per heavy atom. The molecule has 4 atom stereocenters. The predicted molar refractivity (Wildman–Crippen MR) is 58.4 cm³/mol. The number of aliphatic hydroxyl groups is 1. The van der Waals surface area contributed by atoms with Gasteiger partial charge in [0, 0.05) is 0 Å². The van der Waals surface area contributed by atoms with E-state index in [1.807, 2.05) is 6.92 Å². The second-order valence-electron chi connectivity index (χ2n) is 5.18. The molecule has 90 valence electrons. The number of amides is 2. The van der Waals surface area contributed by atoms with E-state index in [-0.39, 0.29) is 30.2 Å². The molecule has 1 heterocycles. The molecule has 1 aliphatic carbocycles. The first-order valence-corrected chi connectivity index (χ1v) is 6.05. The van der Waals surface area contributed by atoms with Gasteiger partial charge < -0.3 is 5.11 Å². The first-order valence-electron chi connectivity index (χ1n) is 6.05. The highest BCUT2D eigenvalue weighted by atomic mass is 16.3. The smallest absolute Gasteiger partial charge is 0.233 e. The van der Waals surface area contributed by atoms with Crippen LogP contribution >= 0.6 is 0 Å². The van der Waals surface area contributed by atoms with Crippen molar-refractivity contribution in [3.63, 3.8) is 0 Å². The molecule has 0 spiro atoms. The van der Waals surface area contributed by atoms with Gasteiger partial charge in [-0.15, -0.1) is 0 Å². The van der Waals surface area contributed by atoms with Crippen LogP contribution < -0.4 is 0 Å². The fraction of sp³-hybridized carbons (Fsp3) is 0.833. The zero-order valence-electron chi connectivity index (χ0n) is 9.85. The van der Waals surface area contributed by atoms with E-state index in [1.54, 1.807) is 6.92 Å². The van der Waals surface area contributed by atoms with E-state index in [1.165, 1.54) is 4.90 Å². The normalized spacial score (nSPS) is 36.4. The van der Waals surface area contributed by atoms with Crippen molar-refractivity contribution in [2.24, 2.45) is 17.8 Å². The van der Waals surface area contributed by atoms with E-state index >= 15 is 0 Å². The lowest BCUT2D eigenvalue weighted by atomic mass is 9.74. The summed E-state index contributed by atoms with van der Waals surface area (Å²) in [5, 5.41) is 9.30. The first kappa shape index (κ1) is 11.6. The molecule has 16 heavy (non-hydrogen) atoms. The fourth-order valence-electron chi connectivity index (χ4n) is 3.04. The van der Waals surface area contributed by atoms with Gasteiger partial charge in [0.05, 0.1) is 24.5 Å². The minimum Gasteiger partial charge on any atom is -0.392 e. The van der Waals surface area contributed by atoms with E-state index in [4.69, 9.17) is 0 Å². The largest absolute Gasteiger partial charge is 0.392 e. The van der Waals surface area contributed by atoms with Crippen LogP contribution in [0, 0.1) is 17.8 Å². The molecule has 1 N–H and O–H groups in total. The van der Waals surface area contributed by atoms with Crippen molar-refractivity contribution in [2.75, 3.05) is 6.54 Å². The van der Waals surface area contributed by atoms with Gasteiger partial charge in [-0.25, -0.2) is 0 Å².